The monoisotopic (exact) mass is 353 g/mol. The van der Waals surface area contributed by atoms with E-state index in [1.807, 2.05) is 36.4 Å². The fourth-order valence-electron chi connectivity index (χ4n) is 1.92. The van der Waals surface area contributed by atoms with E-state index < -0.39 is 0 Å². The maximum Gasteiger partial charge on any atom is 0.123 e. The zero-order valence-corrected chi connectivity index (χ0v) is 13.5. The molecular formula is C16H17BrClNO. The largest absolute Gasteiger partial charge is 0.489 e. The molecule has 0 fully saturated rings. The Balaban J connectivity index is 2.06. The molecule has 0 bridgehead atoms. The third-order valence-corrected chi connectivity index (χ3v) is 3.73. The number of benzene rings is 2. The lowest BCUT2D eigenvalue weighted by Crippen LogP contribution is -2.03. The first-order chi connectivity index (χ1) is 9.69. The molecule has 0 atom stereocenters. The molecule has 0 saturated heterocycles. The van der Waals surface area contributed by atoms with Crippen molar-refractivity contribution in [1.29, 1.82) is 0 Å². The van der Waals surface area contributed by atoms with Crippen LogP contribution in [-0.2, 0) is 13.0 Å². The van der Waals surface area contributed by atoms with Crippen molar-refractivity contribution in [2.45, 2.75) is 19.4 Å². The lowest BCUT2D eigenvalue weighted by Gasteiger charge is -2.12. The van der Waals surface area contributed by atoms with Crippen LogP contribution in [0.5, 0.6) is 5.75 Å². The Morgan fingerprint density at radius 1 is 1.10 bits per heavy atom. The van der Waals surface area contributed by atoms with E-state index in [0.29, 0.717) is 13.2 Å². The summed E-state index contributed by atoms with van der Waals surface area (Å²) >= 11 is 9.36. The molecule has 2 aromatic carbocycles. The second-order valence-corrected chi connectivity index (χ2v) is 5.91. The molecule has 0 aliphatic rings. The number of halogens is 2. The molecule has 0 aromatic heterocycles. The molecule has 0 heterocycles. The van der Waals surface area contributed by atoms with Crippen molar-refractivity contribution >= 4 is 27.5 Å². The smallest absolute Gasteiger partial charge is 0.123 e. The Kier molecular flexibility index (Phi) is 5.89. The van der Waals surface area contributed by atoms with Gasteiger partial charge < -0.3 is 10.5 Å². The first-order valence-corrected chi connectivity index (χ1v) is 7.72. The lowest BCUT2D eigenvalue weighted by atomic mass is 10.1. The Labute approximate surface area is 133 Å². The highest BCUT2D eigenvalue weighted by Crippen LogP contribution is 2.25. The molecule has 2 rings (SSSR count). The Morgan fingerprint density at radius 3 is 2.55 bits per heavy atom. The van der Waals surface area contributed by atoms with Crippen molar-refractivity contribution in [1.82, 2.24) is 0 Å². The van der Waals surface area contributed by atoms with E-state index in [1.54, 1.807) is 0 Å². The number of nitrogens with two attached hydrogens (primary N) is 1. The van der Waals surface area contributed by atoms with E-state index in [2.05, 4.69) is 22.0 Å². The third-order valence-electron chi connectivity index (χ3n) is 2.98. The molecule has 0 unspecified atom stereocenters. The molecule has 4 heteroatoms. The minimum absolute atomic E-state index is 0.536. The normalized spacial score (nSPS) is 10.6. The number of aryl methyl sites for hydroxylation is 1. The summed E-state index contributed by atoms with van der Waals surface area (Å²) in [5, 5.41) is 0.737. The van der Waals surface area contributed by atoms with Gasteiger partial charge in [-0.25, -0.2) is 0 Å². The van der Waals surface area contributed by atoms with Crippen LogP contribution < -0.4 is 10.5 Å². The van der Waals surface area contributed by atoms with Crippen molar-refractivity contribution in [2.24, 2.45) is 5.73 Å². The zero-order valence-electron chi connectivity index (χ0n) is 11.1. The van der Waals surface area contributed by atoms with Gasteiger partial charge in [0.2, 0.25) is 0 Å². The van der Waals surface area contributed by atoms with Crippen LogP contribution >= 0.6 is 27.5 Å². The SMILES string of the molecule is NCCCc1cc(Br)ccc1OCc1ccc(Cl)cc1. The maximum absolute atomic E-state index is 5.91. The van der Waals surface area contributed by atoms with Gasteiger partial charge in [-0.3, -0.25) is 0 Å². The minimum Gasteiger partial charge on any atom is -0.489 e. The van der Waals surface area contributed by atoms with Gasteiger partial charge in [-0.1, -0.05) is 39.7 Å². The van der Waals surface area contributed by atoms with Crippen LogP contribution in [0.2, 0.25) is 5.02 Å². The number of rotatable bonds is 6. The van der Waals surface area contributed by atoms with E-state index in [4.69, 9.17) is 22.1 Å². The van der Waals surface area contributed by atoms with Crippen LogP contribution in [0.1, 0.15) is 17.5 Å². The van der Waals surface area contributed by atoms with Crippen LogP contribution in [0.25, 0.3) is 0 Å². The van der Waals surface area contributed by atoms with Gasteiger partial charge in [-0.15, -0.1) is 0 Å². The quantitative estimate of drug-likeness (QED) is 0.824. The summed E-state index contributed by atoms with van der Waals surface area (Å²) < 4.78 is 6.97. The molecular weight excluding hydrogens is 338 g/mol. The number of hydrogen-bond acceptors (Lipinski definition) is 2. The van der Waals surface area contributed by atoms with Gasteiger partial charge in [0.1, 0.15) is 12.4 Å². The van der Waals surface area contributed by atoms with Gasteiger partial charge in [0.15, 0.2) is 0 Å². The fraction of sp³-hybridized carbons (Fsp3) is 0.250. The van der Waals surface area contributed by atoms with Gasteiger partial charge in [-0.2, -0.15) is 0 Å². The highest BCUT2D eigenvalue weighted by Gasteiger charge is 2.05. The van der Waals surface area contributed by atoms with Crippen LogP contribution in [-0.4, -0.2) is 6.54 Å². The number of ether oxygens (including phenoxy) is 1. The predicted octanol–water partition coefficient (Wildman–Crippen LogP) is 4.57. The topological polar surface area (TPSA) is 35.2 Å². The van der Waals surface area contributed by atoms with E-state index >= 15 is 0 Å². The lowest BCUT2D eigenvalue weighted by molar-refractivity contribution is 0.302. The van der Waals surface area contributed by atoms with Gasteiger partial charge in [0, 0.05) is 9.50 Å². The van der Waals surface area contributed by atoms with E-state index in [0.717, 1.165) is 33.6 Å². The average Bonchev–Trinajstić information content (AvgIpc) is 2.46. The summed E-state index contributed by atoms with van der Waals surface area (Å²) in [6, 6.07) is 13.8. The summed E-state index contributed by atoms with van der Waals surface area (Å²) in [5.74, 6) is 0.914. The third kappa shape index (κ3) is 4.51. The second kappa shape index (κ2) is 7.67. The summed E-state index contributed by atoms with van der Waals surface area (Å²) in [5.41, 5.74) is 7.86. The Bertz CT molecular complexity index is 557. The van der Waals surface area contributed by atoms with Gasteiger partial charge in [0.25, 0.3) is 0 Å². The average molecular weight is 355 g/mol. The first-order valence-electron chi connectivity index (χ1n) is 6.55. The molecule has 0 saturated carbocycles. The van der Waals surface area contributed by atoms with Crippen molar-refractivity contribution < 1.29 is 4.74 Å². The predicted molar refractivity (Wildman–Crippen MR) is 87.3 cm³/mol. The second-order valence-electron chi connectivity index (χ2n) is 4.56. The molecule has 2 aromatic rings. The Morgan fingerprint density at radius 2 is 1.85 bits per heavy atom. The summed E-state index contributed by atoms with van der Waals surface area (Å²) in [6.07, 6.45) is 1.87. The highest BCUT2D eigenvalue weighted by atomic mass is 79.9. The molecule has 2 nitrogen and oxygen atoms in total. The molecule has 0 amide bonds. The van der Waals surface area contributed by atoms with Crippen LogP contribution in [0.3, 0.4) is 0 Å². The first kappa shape index (κ1) is 15.4. The van der Waals surface area contributed by atoms with E-state index in [9.17, 15) is 0 Å². The van der Waals surface area contributed by atoms with Crippen molar-refractivity contribution in [3.8, 4) is 5.75 Å². The molecule has 106 valence electrons. The molecule has 0 radical (unpaired) electrons. The summed E-state index contributed by atoms with van der Waals surface area (Å²) in [7, 11) is 0. The van der Waals surface area contributed by atoms with Crippen LogP contribution in [0.4, 0.5) is 0 Å². The molecule has 20 heavy (non-hydrogen) atoms. The van der Waals surface area contributed by atoms with Crippen LogP contribution in [0.15, 0.2) is 46.9 Å². The van der Waals surface area contributed by atoms with Gasteiger partial charge >= 0.3 is 0 Å². The van der Waals surface area contributed by atoms with Crippen molar-refractivity contribution in [2.75, 3.05) is 6.54 Å². The number of hydrogen-bond donors (Lipinski definition) is 1. The molecule has 0 aliphatic heterocycles. The van der Waals surface area contributed by atoms with Gasteiger partial charge in [0.05, 0.1) is 0 Å². The van der Waals surface area contributed by atoms with Crippen LogP contribution in [0, 0.1) is 0 Å². The maximum atomic E-state index is 5.91. The van der Waals surface area contributed by atoms with Crippen molar-refractivity contribution in [3.63, 3.8) is 0 Å². The fourth-order valence-corrected chi connectivity index (χ4v) is 2.45. The minimum atomic E-state index is 0.536. The van der Waals surface area contributed by atoms with Gasteiger partial charge in [-0.05, 0) is 60.8 Å². The van der Waals surface area contributed by atoms with E-state index in [-0.39, 0.29) is 0 Å². The summed E-state index contributed by atoms with van der Waals surface area (Å²) in [4.78, 5) is 0. The Hall–Kier alpha value is -1.03. The van der Waals surface area contributed by atoms with E-state index in [1.165, 1.54) is 5.56 Å². The molecule has 0 aliphatic carbocycles. The molecule has 0 spiro atoms. The molecule has 2 N–H and O–H groups in total. The van der Waals surface area contributed by atoms with Crippen molar-refractivity contribution in [3.05, 3.63) is 63.1 Å². The zero-order chi connectivity index (χ0) is 14.4. The standard InChI is InChI=1S/C16H17BrClNO/c17-14-5-8-16(13(10-14)2-1-9-19)20-11-12-3-6-15(18)7-4-12/h3-8,10H,1-2,9,11,19H2. The highest BCUT2D eigenvalue weighted by molar-refractivity contribution is 9.10. The summed E-state index contributed by atoms with van der Waals surface area (Å²) in [6.45, 7) is 1.22.